The van der Waals surface area contributed by atoms with E-state index in [4.69, 9.17) is 38.3 Å². The Morgan fingerprint density at radius 2 is 1.31 bits per heavy atom. The Labute approximate surface area is 505 Å². The Bertz CT molecular complexity index is 2440. The van der Waals surface area contributed by atoms with Crippen LogP contribution in [0.1, 0.15) is 132 Å². The second-order valence-corrected chi connectivity index (χ2v) is 26.1. The minimum atomic E-state index is -2.54. The van der Waals surface area contributed by atoms with Crippen molar-refractivity contribution >= 4 is 0 Å². The molecule has 22 unspecified atom stereocenters. The number of fused-ring (bicyclic) bond motifs is 5. The van der Waals surface area contributed by atoms with Crippen LogP contribution in [0.5, 0.6) is 0 Å². The lowest BCUT2D eigenvalue weighted by Crippen LogP contribution is -2.59. The first-order valence-corrected chi connectivity index (χ1v) is 29.9. The lowest BCUT2D eigenvalue weighted by atomic mass is 9.39. The third-order valence-corrected chi connectivity index (χ3v) is 20.1. The van der Waals surface area contributed by atoms with E-state index in [0.717, 1.165) is 12.0 Å². The van der Waals surface area contributed by atoms with Crippen LogP contribution in [-0.4, -0.2) is 244 Å². The van der Waals surface area contributed by atoms with Crippen molar-refractivity contribution in [3.63, 3.8) is 0 Å². The molecular formula is C59H98O28. The van der Waals surface area contributed by atoms with Crippen LogP contribution in [0.3, 0.4) is 0 Å². The molecule has 2 heterocycles. The molecule has 3 saturated carbocycles. The van der Waals surface area contributed by atoms with Crippen LogP contribution < -0.4 is 0 Å². The van der Waals surface area contributed by atoms with Gasteiger partial charge in [0.1, 0.15) is 54.9 Å². The molecule has 6 aliphatic rings. The number of allylic oxidation sites excluding steroid dienone is 1. The summed E-state index contributed by atoms with van der Waals surface area (Å²) >= 11 is 0. The van der Waals surface area contributed by atoms with E-state index in [1.165, 1.54) is 13.8 Å². The molecule has 0 aromatic heterocycles. The van der Waals surface area contributed by atoms with Crippen molar-refractivity contribution in [3.05, 3.63) is 57.7 Å². The van der Waals surface area contributed by atoms with Gasteiger partial charge >= 0.3 is 0 Å². The molecule has 21 N–H and O–H groups in total. The molecule has 0 aromatic rings. The van der Waals surface area contributed by atoms with Crippen molar-refractivity contribution in [3.8, 4) is 0 Å². The van der Waals surface area contributed by atoms with Crippen LogP contribution in [0.2, 0.25) is 0 Å². The van der Waals surface area contributed by atoms with Crippen molar-refractivity contribution in [1.82, 2.24) is 0 Å². The van der Waals surface area contributed by atoms with Gasteiger partial charge in [0, 0.05) is 56.8 Å². The predicted molar refractivity (Wildman–Crippen MR) is 300 cm³/mol. The summed E-state index contributed by atoms with van der Waals surface area (Å²) in [6, 6.07) is 0. The van der Waals surface area contributed by atoms with Crippen LogP contribution in [0.25, 0.3) is 0 Å². The second kappa shape index (κ2) is 29.3. The number of rotatable bonds is 23. The summed E-state index contributed by atoms with van der Waals surface area (Å²) in [4.78, 5) is 0. The monoisotopic (exact) mass is 1250 g/mol. The highest BCUT2D eigenvalue weighted by molar-refractivity contribution is 5.31. The van der Waals surface area contributed by atoms with Crippen molar-refractivity contribution < 1.29 is 140 Å². The van der Waals surface area contributed by atoms with E-state index in [2.05, 4.69) is 26.8 Å². The maximum absolute atomic E-state index is 11.8. The average molecular weight is 1260 g/mol. The highest BCUT2D eigenvalue weighted by Crippen LogP contribution is 2.75. The molecule has 2 aliphatic heterocycles. The van der Waals surface area contributed by atoms with E-state index in [0.29, 0.717) is 38.5 Å². The van der Waals surface area contributed by atoms with Crippen molar-refractivity contribution in [2.24, 2.45) is 39.4 Å². The maximum Gasteiger partial charge on any atom is 0.259 e. The zero-order chi connectivity index (χ0) is 65.1. The Hall–Kier alpha value is -3.70. The largest absolute Gasteiger partial charge is 0.506 e. The molecule has 4 fully saturated rings. The molecule has 502 valence electrons. The molecule has 0 bridgehead atoms. The average Bonchev–Trinajstić information content (AvgIpc) is 1.69. The van der Waals surface area contributed by atoms with Gasteiger partial charge in [-0.3, -0.25) is 0 Å². The summed E-state index contributed by atoms with van der Waals surface area (Å²) in [6.07, 6.45) is -23.2. The number of aliphatic hydroxyl groups excluding tert-OH is 20. The minimum Gasteiger partial charge on any atom is -0.506 e. The number of hydrogen-bond acceptors (Lipinski definition) is 28. The van der Waals surface area contributed by atoms with Gasteiger partial charge in [0.05, 0.1) is 31.0 Å². The van der Waals surface area contributed by atoms with Gasteiger partial charge in [-0.15, -0.1) is 0 Å². The normalized spacial score (nSPS) is 39.2. The maximum atomic E-state index is 11.8. The first-order valence-electron chi connectivity index (χ1n) is 29.9. The summed E-state index contributed by atoms with van der Waals surface area (Å²) in [5.41, 5.74) is -2.65. The molecule has 6 rings (SSSR count). The van der Waals surface area contributed by atoms with Crippen molar-refractivity contribution in [1.29, 1.82) is 0 Å². The fraction of sp³-hybridized carbons (Fsp3) is 0.831. The van der Waals surface area contributed by atoms with E-state index < -0.39 is 225 Å². The molecule has 0 spiro atoms. The number of aliphatic hydroxyl groups is 21. The molecule has 28 heteroatoms. The standard InChI is InChI=1S/C59H98O28/c1-55(2)27-8-11-36-57(5,28(27)9-12-37(55)85-51(77)45(73)41(69)34(17-24-62)83-50(76)44(72)39(67)30(64)15-22-60)20-21-58(6)29(14-19-59(36,58)7)33-10-13-38(56(3,4)80)86-53(79)49(87-52(78)47(75)48(82-33)32(66)16-23-61)40(68)31(65)18-25-81-54-46(74)43(71)42(70)35(26-63)84-54/h8,28-38,42-43,46,50-54,60-80H,9-26H2,1-7H3/b44-39+,45-41+,48-47+,49-40-. The summed E-state index contributed by atoms with van der Waals surface area (Å²) < 4.78 is 40.3. The van der Waals surface area contributed by atoms with Gasteiger partial charge in [-0.05, 0) is 99.7 Å². The molecular weight excluding hydrogens is 1160 g/mol. The summed E-state index contributed by atoms with van der Waals surface area (Å²) in [7, 11) is 0. The smallest absolute Gasteiger partial charge is 0.259 e. The molecule has 1 saturated heterocycles. The third kappa shape index (κ3) is 15.0. The van der Waals surface area contributed by atoms with Crippen molar-refractivity contribution in [2.75, 3.05) is 33.0 Å². The fourth-order valence-electron chi connectivity index (χ4n) is 14.8. The Morgan fingerprint density at radius 3 is 1.93 bits per heavy atom. The number of hydrogen-bond donors (Lipinski definition) is 21. The third-order valence-electron chi connectivity index (χ3n) is 20.1. The van der Waals surface area contributed by atoms with E-state index in [-0.39, 0.29) is 36.0 Å². The highest BCUT2D eigenvalue weighted by atomic mass is 16.7. The Kier molecular flexibility index (Phi) is 24.4. The van der Waals surface area contributed by atoms with E-state index in [1.54, 1.807) is 0 Å². The molecule has 0 amide bonds. The predicted octanol–water partition coefficient (Wildman–Crippen LogP) is 0.618. The van der Waals surface area contributed by atoms with E-state index in [1.807, 2.05) is 13.8 Å². The lowest BCUT2D eigenvalue weighted by molar-refractivity contribution is -0.301. The van der Waals surface area contributed by atoms with Crippen LogP contribution in [-0.2, 0) is 33.2 Å². The lowest BCUT2D eigenvalue weighted by Gasteiger charge is -2.66. The molecule has 22 atom stereocenters. The van der Waals surface area contributed by atoms with Crippen LogP contribution in [0, 0.1) is 39.4 Å². The van der Waals surface area contributed by atoms with Gasteiger partial charge < -0.3 is 140 Å². The van der Waals surface area contributed by atoms with Gasteiger partial charge in [-0.1, -0.05) is 46.3 Å². The molecule has 0 radical (unpaired) electrons. The second-order valence-electron chi connectivity index (χ2n) is 26.1. The van der Waals surface area contributed by atoms with Crippen molar-refractivity contribution in [2.45, 2.75) is 236 Å². The van der Waals surface area contributed by atoms with Gasteiger partial charge in [-0.25, -0.2) is 0 Å². The first kappa shape index (κ1) is 72.4. The summed E-state index contributed by atoms with van der Waals surface area (Å²) in [5, 5.41) is 224. The van der Waals surface area contributed by atoms with E-state index >= 15 is 0 Å². The van der Waals surface area contributed by atoms with Gasteiger partial charge in [-0.2, -0.15) is 0 Å². The molecule has 4 aliphatic carbocycles. The Balaban J connectivity index is 1.25. The minimum absolute atomic E-state index is 0.0118. The zero-order valence-corrected chi connectivity index (χ0v) is 50.5. The van der Waals surface area contributed by atoms with Gasteiger partial charge in [0.2, 0.25) is 24.6 Å². The summed E-state index contributed by atoms with van der Waals surface area (Å²) in [5.74, 6) is -8.70. The molecule has 28 nitrogen and oxygen atoms in total. The Morgan fingerprint density at radius 1 is 0.667 bits per heavy atom. The fourth-order valence-corrected chi connectivity index (χ4v) is 14.8. The summed E-state index contributed by atoms with van der Waals surface area (Å²) in [6.45, 7) is 10.3. The van der Waals surface area contributed by atoms with Crippen LogP contribution in [0.4, 0.5) is 0 Å². The zero-order valence-electron chi connectivity index (χ0n) is 50.5. The SMILES string of the molecule is CC(C)(O)C1CCC(C2CCC3(C)C4CC=C5C(CCC(OC(O)/C(O)=C(\O)C(CCO)OC(O)/C(O)=C(\O)C(O)CCO)C5(C)C)C4(C)CCC23C)O/C(C(O)CCO)=C(/O)C(O)O/C(=C(\O)C(O)CCOC2OC(CO)C(O)C(O)C2O)C(O)O1. The van der Waals surface area contributed by atoms with Gasteiger partial charge in [0.15, 0.2) is 46.6 Å². The van der Waals surface area contributed by atoms with Crippen LogP contribution in [0.15, 0.2) is 57.7 Å². The van der Waals surface area contributed by atoms with E-state index in [9.17, 15) is 102 Å². The highest BCUT2D eigenvalue weighted by Gasteiger charge is 2.68. The van der Waals surface area contributed by atoms with Crippen LogP contribution >= 0.6 is 0 Å². The number of ether oxygens (including phenoxy) is 7. The quantitative estimate of drug-likeness (QED) is 0.0379. The molecule has 0 aromatic carbocycles. The van der Waals surface area contributed by atoms with Gasteiger partial charge in [0.25, 0.3) is 6.29 Å². The molecule has 87 heavy (non-hydrogen) atoms. The topological polar surface area (TPSA) is 489 Å². The first-order chi connectivity index (χ1) is 40.6.